The van der Waals surface area contributed by atoms with Gasteiger partial charge in [-0.3, -0.25) is 0 Å². The first-order valence-electron chi connectivity index (χ1n) is 8.80. The number of aromatic amines is 2. The lowest BCUT2D eigenvalue weighted by molar-refractivity contribution is 0.742. The van der Waals surface area contributed by atoms with Crippen molar-refractivity contribution in [3.05, 3.63) is 71.5 Å². The second-order valence-corrected chi connectivity index (χ2v) is 7.16. The van der Waals surface area contributed by atoms with E-state index in [2.05, 4.69) is 85.5 Å². The van der Waals surface area contributed by atoms with Crippen LogP contribution in [0.2, 0.25) is 0 Å². The van der Waals surface area contributed by atoms with Crippen molar-refractivity contribution >= 4 is 21.8 Å². The van der Waals surface area contributed by atoms with Crippen molar-refractivity contribution in [2.24, 2.45) is 0 Å². The Kier molecular flexibility index (Phi) is 3.68. The van der Waals surface area contributed by atoms with E-state index in [4.69, 9.17) is 0 Å². The highest BCUT2D eigenvalue weighted by molar-refractivity contribution is 5.86. The summed E-state index contributed by atoms with van der Waals surface area (Å²) in [5.74, 6) is 0.994. The van der Waals surface area contributed by atoms with Gasteiger partial charge in [-0.2, -0.15) is 0 Å². The molecule has 2 heteroatoms. The fraction of sp³-hybridized carbons (Fsp3) is 0.273. The van der Waals surface area contributed by atoms with Gasteiger partial charge in [-0.25, -0.2) is 0 Å². The van der Waals surface area contributed by atoms with Gasteiger partial charge in [0.05, 0.1) is 0 Å². The van der Waals surface area contributed by atoms with Gasteiger partial charge in [0.15, 0.2) is 0 Å². The number of rotatable bonds is 4. The van der Waals surface area contributed by atoms with E-state index in [1.165, 1.54) is 38.6 Å². The van der Waals surface area contributed by atoms with Crippen LogP contribution in [0.4, 0.5) is 0 Å². The lowest BCUT2D eigenvalue weighted by Crippen LogP contribution is -1.99. The molecular weight excluding hydrogens is 292 g/mol. The third-order valence-electron chi connectivity index (χ3n) is 5.06. The molecule has 1 atom stereocenters. The first kappa shape index (κ1) is 15.1. The van der Waals surface area contributed by atoms with Gasteiger partial charge in [0.25, 0.3) is 0 Å². The summed E-state index contributed by atoms with van der Waals surface area (Å²) in [7, 11) is 0. The van der Waals surface area contributed by atoms with Gasteiger partial charge in [0, 0.05) is 34.2 Å². The van der Waals surface area contributed by atoms with Crippen LogP contribution >= 0.6 is 0 Å². The van der Waals surface area contributed by atoms with Crippen molar-refractivity contribution in [2.45, 2.75) is 39.0 Å². The largest absolute Gasteiger partial charge is 0.361 e. The molecule has 0 fully saturated rings. The van der Waals surface area contributed by atoms with Crippen molar-refractivity contribution in [1.29, 1.82) is 0 Å². The molecule has 2 aromatic heterocycles. The highest BCUT2D eigenvalue weighted by Gasteiger charge is 2.14. The average Bonchev–Trinajstić information content (AvgIpc) is 3.19. The fourth-order valence-electron chi connectivity index (χ4n) is 3.69. The van der Waals surface area contributed by atoms with Crippen molar-refractivity contribution in [1.82, 2.24) is 9.97 Å². The number of hydrogen-bond donors (Lipinski definition) is 2. The van der Waals surface area contributed by atoms with Gasteiger partial charge in [0.2, 0.25) is 0 Å². The summed E-state index contributed by atoms with van der Waals surface area (Å²) in [6.07, 6.45) is 3.20. The SMILES string of the molecule is CC(C)c1c[nH]c2c(CC(C)c3cc4ccccc4[nH]3)cccc12. The number of nitrogens with one attached hydrogen (secondary N) is 2. The predicted octanol–water partition coefficient (Wildman–Crippen LogP) is 6.12. The summed E-state index contributed by atoms with van der Waals surface area (Å²) in [6.45, 7) is 6.81. The zero-order chi connectivity index (χ0) is 16.7. The summed E-state index contributed by atoms with van der Waals surface area (Å²) < 4.78 is 0. The van der Waals surface area contributed by atoms with Gasteiger partial charge in [-0.15, -0.1) is 0 Å². The Morgan fingerprint density at radius 1 is 0.958 bits per heavy atom. The lowest BCUT2D eigenvalue weighted by Gasteiger charge is -2.11. The zero-order valence-corrected chi connectivity index (χ0v) is 14.6. The van der Waals surface area contributed by atoms with Crippen LogP contribution in [0.15, 0.2) is 54.7 Å². The number of benzene rings is 2. The van der Waals surface area contributed by atoms with Gasteiger partial charge < -0.3 is 9.97 Å². The van der Waals surface area contributed by atoms with E-state index in [1.54, 1.807) is 0 Å². The molecule has 0 bridgehead atoms. The van der Waals surface area contributed by atoms with E-state index in [1.807, 2.05) is 0 Å². The second kappa shape index (κ2) is 5.86. The second-order valence-electron chi connectivity index (χ2n) is 7.16. The zero-order valence-electron chi connectivity index (χ0n) is 14.6. The molecule has 2 N–H and O–H groups in total. The van der Waals surface area contributed by atoms with Crippen molar-refractivity contribution < 1.29 is 0 Å². The van der Waals surface area contributed by atoms with Gasteiger partial charge in [0.1, 0.15) is 0 Å². The Labute approximate surface area is 142 Å². The summed E-state index contributed by atoms with van der Waals surface area (Å²) in [5.41, 5.74) is 6.63. The topological polar surface area (TPSA) is 31.6 Å². The molecule has 0 amide bonds. The van der Waals surface area contributed by atoms with Crippen LogP contribution in [0.25, 0.3) is 21.8 Å². The molecule has 0 spiro atoms. The monoisotopic (exact) mass is 316 g/mol. The molecule has 4 rings (SSSR count). The van der Waals surface area contributed by atoms with Crippen LogP contribution in [-0.4, -0.2) is 9.97 Å². The van der Waals surface area contributed by atoms with Crippen molar-refractivity contribution in [3.63, 3.8) is 0 Å². The fourth-order valence-corrected chi connectivity index (χ4v) is 3.69. The van der Waals surface area contributed by atoms with Crippen LogP contribution in [0.3, 0.4) is 0 Å². The van der Waals surface area contributed by atoms with Gasteiger partial charge >= 0.3 is 0 Å². The Morgan fingerprint density at radius 2 is 1.79 bits per heavy atom. The van der Waals surface area contributed by atoms with Crippen LogP contribution < -0.4 is 0 Å². The number of fused-ring (bicyclic) bond motifs is 2. The number of aromatic nitrogens is 2. The maximum atomic E-state index is 3.58. The van der Waals surface area contributed by atoms with E-state index in [0.29, 0.717) is 11.8 Å². The Balaban J connectivity index is 1.68. The predicted molar refractivity (Wildman–Crippen MR) is 103 cm³/mol. The number of para-hydroxylation sites is 2. The Hall–Kier alpha value is -2.48. The molecule has 122 valence electrons. The molecule has 2 aromatic carbocycles. The molecule has 0 aliphatic carbocycles. The highest BCUT2D eigenvalue weighted by atomic mass is 14.7. The highest BCUT2D eigenvalue weighted by Crippen LogP contribution is 2.30. The molecular formula is C22H24N2. The molecule has 2 heterocycles. The summed E-state index contributed by atoms with van der Waals surface area (Å²) >= 11 is 0. The first-order chi connectivity index (χ1) is 11.6. The summed E-state index contributed by atoms with van der Waals surface area (Å²) in [4.78, 5) is 7.09. The molecule has 24 heavy (non-hydrogen) atoms. The smallest absolute Gasteiger partial charge is 0.0489 e. The molecule has 0 saturated carbocycles. The molecule has 2 nitrogen and oxygen atoms in total. The lowest BCUT2D eigenvalue weighted by atomic mass is 9.95. The van der Waals surface area contributed by atoms with Crippen molar-refractivity contribution in [2.75, 3.05) is 0 Å². The van der Waals surface area contributed by atoms with Crippen LogP contribution in [-0.2, 0) is 6.42 Å². The third-order valence-corrected chi connectivity index (χ3v) is 5.06. The van der Waals surface area contributed by atoms with Gasteiger partial charge in [-0.1, -0.05) is 57.2 Å². The first-order valence-corrected chi connectivity index (χ1v) is 8.80. The Bertz CT molecular complexity index is 954. The molecule has 0 saturated heterocycles. The van der Waals surface area contributed by atoms with E-state index in [-0.39, 0.29) is 0 Å². The minimum Gasteiger partial charge on any atom is -0.361 e. The molecule has 4 aromatic rings. The van der Waals surface area contributed by atoms with E-state index < -0.39 is 0 Å². The normalized spacial score (nSPS) is 13.2. The van der Waals surface area contributed by atoms with Crippen molar-refractivity contribution in [3.8, 4) is 0 Å². The van der Waals surface area contributed by atoms with E-state index in [0.717, 1.165) is 6.42 Å². The molecule has 0 aliphatic rings. The molecule has 0 radical (unpaired) electrons. The average molecular weight is 316 g/mol. The maximum Gasteiger partial charge on any atom is 0.0489 e. The number of hydrogen-bond acceptors (Lipinski definition) is 0. The minimum atomic E-state index is 0.453. The van der Waals surface area contributed by atoms with Crippen LogP contribution in [0.1, 0.15) is 49.4 Å². The quantitative estimate of drug-likeness (QED) is 0.454. The van der Waals surface area contributed by atoms with Crippen LogP contribution in [0.5, 0.6) is 0 Å². The van der Waals surface area contributed by atoms with E-state index >= 15 is 0 Å². The molecule has 0 aliphatic heterocycles. The third kappa shape index (κ3) is 2.52. The molecule has 1 unspecified atom stereocenters. The standard InChI is InChI=1S/C22H24N2/c1-14(2)19-13-23-22-17(8-6-9-18(19)22)11-15(3)21-12-16-7-4-5-10-20(16)24-21/h4-10,12-15,23-24H,11H2,1-3H3. The maximum absolute atomic E-state index is 3.58. The summed E-state index contributed by atoms with van der Waals surface area (Å²) in [6, 6.07) is 17.5. The van der Waals surface area contributed by atoms with Gasteiger partial charge in [-0.05, 0) is 41.0 Å². The number of H-pyrrole nitrogens is 2. The van der Waals surface area contributed by atoms with Crippen LogP contribution in [0, 0.1) is 0 Å². The van der Waals surface area contributed by atoms with E-state index in [9.17, 15) is 0 Å². The Morgan fingerprint density at radius 3 is 2.58 bits per heavy atom. The summed E-state index contributed by atoms with van der Waals surface area (Å²) in [5, 5.41) is 2.66. The minimum absolute atomic E-state index is 0.453.